The summed E-state index contributed by atoms with van der Waals surface area (Å²) in [5, 5.41) is 30.6. The van der Waals surface area contributed by atoms with Crippen molar-refractivity contribution in [3.8, 4) is 0 Å². The molecule has 0 aromatic heterocycles. The van der Waals surface area contributed by atoms with E-state index in [0.717, 1.165) is 70.6 Å². The van der Waals surface area contributed by atoms with Crippen LogP contribution in [0.4, 0.5) is 0 Å². The maximum atomic E-state index is 12.8. The van der Waals surface area contributed by atoms with E-state index in [0.29, 0.717) is 13.0 Å². The molecule has 0 radical (unpaired) electrons. The first-order chi connectivity index (χ1) is 28.1. The van der Waals surface area contributed by atoms with Crippen LogP contribution in [0.5, 0.6) is 0 Å². The molecule has 0 aromatic carbocycles. The molecule has 1 heterocycles. The van der Waals surface area contributed by atoms with Crippen LogP contribution in [0.15, 0.2) is 36.5 Å². The van der Waals surface area contributed by atoms with Crippen LogP contribution in [-0.4, -0.2) is 97.5 Å². The second-order valence-corrected chi connectivity index (χ2v) is 16.7. The van der Waals surface area contributed by atoms with Crippen molar-refractivity contribution in [2.24, 2.45) is 0 Å². The number of esters is 1. The Labute approximate surface area is 352 Å². The fraction of sp³-hybridized carbons (Fsp3) is 0.844. The van der Waals surface area contributed by atoms with Gasteiger partial charge in [0.15, 0.2) is 6.29 Å². The number of carbonyl (C=O) groups excluding carboxylic acids is 1. The molecule has 1 rings (SSSR count). The van der Waals surface area contributed by atoms with E-state index in [1.807, 2.05) is 0 Å². The molecule has 0 bridgehead atoms. The molecular weight excluding hydrogens is 765 g/mol. The van der Waals surface area contributed by atoms with Gasteiger partial charge in [0.1, 0.15) is 30.5 Å². The predicted octanol–water partition coefficient (Wildman–Crippen LogP) is 9.41. The minimum Gasteiger partial charge on any atom is -0.457 e. The minimum absolute atomic E-state index is 0.0266. The van der Waals surface area contributed by atoms with Crippen LogP contribution in [-0.2, 0) is 38.3 Å². The van der Waals surface area contributed by atoms with Crippen molar-refractivity contribution in [3.05, 3.63) is 36.5 Å². The first-order valence-corrected chi connectivity index (χ1v) is 24.1. The molecule has 1 aliphatic heterocycles. The SMILES string of the molecule is CCCC/C=C\C/C=C\CCCCCCCC(=O)OC(COCCCCCCCC/C=C\CCCCCCCCC)COC1OC(CO)C(O)C(OS(=O)(=O)O)C1O. The summed E-state index contributed by atoms with van der Waals surface area (Å²) in [5.74, 6) is -0.416. The number of aliphatic hydroxyl groups is 3. The number of rotatable bonds is 39. The van der Waals surface area contributed by atoms with Gasteiger partial charge in [-0.3, -0.25) is 9.35 Å². The summed E-state index contributed by atoms with van der Waals surface area (Å²) in [7, 11) is -5.06. The van der Waals surface area contributed by atoms with E-state index in [1.165, 1.54) is 83.5 Å². The number of unbranched alkanes of at least 4 members (excludes halogenated alkanes) is 20. The molecule has 6 atom stereocenters. The molecule has 0 spiro atoms. The number of hydrogen-bond acceptors (Lipinski definition) is 11. The van der Waals surface area contributed by atoms with Crippen LogP contribution in [0.1, 0.15) is 181 Å². The van der Waals surface area contributed by atoms with Crippen molar-refractivity contribution in [3.63, 3.8) is 0 Å². The Bertz CT molecular complexity index is 1160. The highest BCUT2D eigenvalue weighted by Gasteiger charge is 2.48. The van der Waals surface area contributed by atoms with Crippen molar-refractivity contribution in [1.82, 2.24) is 0 Å². The molecule has 0 saturated carbocycles. The standard InChI is InChI=1S/C45H82O12S/c1-3-5-7-9-11-13-15-17-19-20-21-23-25-27-29-31-33-35-53-37-39(38-54-45-43(49)44(57-58(50,51)52)42(48)40(36-46)56-45)55-41(47)34-32-30-28-26-24-22-18-16-14-12-10-8-6-4-2/h10,12,16,18-20,39-40,42-46,48-49H,3-9,11,13-15,17,21-38H2,1-2H3,(H,50,51,52)/b12-10-,18-16-,20-19-. The van der Waals surface area contributed by atoms with Gasteiger partial charge in [-0.15, -0.1) is 0 Å². The van der Waals surface area contributed by atoms with Gasteiger partial charge in [0.2, 0.25) is 0 Å². The Balaban J connectivity index is 2.44. The van der Waals surface area contributed by atoms with E-state index in [-0.39, 0.29) is 19.6 Å². The van der Waals surface area contributed by atoms with Crippen molar-refractivity contribution < 1.29 is 56.2 Å². The normalized spacial score (nSPS) is 20.8. The van der Waals surface area contributed by atoms with E-state index in [9.17, 15) is 28.5 Å². The molecule has 1 fully saturated rings. The van der Waals surface area contributed by atoms with Crippen molar-refractivity contribution >= 4 is 16.4 Å². The Morgan fingerprint density at radius 2 is 1.16 bits per heavy atom. The van der Waals surface area contributed by atoms with Gasteiger partial charge in [0.05, 0.1) is 19.8 Å². The first-order valence-electron chi connectivity index (χ1n) is 22.7. The highest BCUT2D eigenvalue weighted by Crippen LogP contribution is 2.26. The summed E-state index contributed by atoms with van der Waals surface area (Å²) in [4.78, 5) is 12.8. The van der Waals surface area contributed by atoms with Crippen molar-refractivity contribution in [2.75, 3.05) is 26.4 Å². The molecule has 340 valence electrons. The fourth-order valence-electron chi connectivity index (χ4n) is 6.74. The number of carbonyl (C=O) groups is 1. The van der Waals surface area contributed by atoms with E-state index >= 15 is 0 Å². The number of aliphatic hydroxyl groups excluding tert-OH is 3. The van der Waals surface area contributed by atoms with Crippen LogP contribution >= 0.6 is 0 Å². The predicted molar refractivity (Wildman–Crippen MR) is 230 cm³/mol. The molecule has 4 N–H and O–H groups in total. The van der Waals surface area contributed by atoms with Gasteiger partial charge in [0, 0.05) is 13.0 Å². The maximum Gasteiger partial charge on any atom is 0.397 e. The van der Waals surface area contributed by atoms with Crippen molar-refractivity contribution in [2.45, 2.75) is 218 Å². The largest absolute Gasteiger partial charge is 0.457 e. The third kappa shape index (κ3) is 30.4. The zero-order valence-corrected chi connectivity index (χ0v) is 36.9. The van der Waals surface area contributed by atoms with Gasteiger partial charge in [-0.25, -0.2) is 4.18 Å². The third-order valence-corrected chi connectivity index (χ3v) is 10.7. The summed E-state index contributed by atoms with van der Waals surface area (Å²) in [6.07, 6.45) is 33.2. The van der Waals surface area contributed by atoms with Gasteiger partial charge >= 0.3 is 16.4 Å². The average molecular weight is 847 g/mol. The van der Waals surface area contributed by atoms with Gasteiger partial charge in [-0.2, -0.15) is 8.42 Å². The quantitative estimate of drug-likeness (QED) is 0.0200. The highest BCUT2D eigenvalue weighted by atomic mass is 32.3. The van der Waals surface area contributed by atoms with Crippen LogP contribution in [0, 0.1) is 0 Å². The monoisotopic (exact) mass is 847 g/mol. The van der Waals surface area contributed by atoms with Gasteiger partial charge in [0.25, 0.3) is 0 Å². The van der Waals surface area contributed by atoms with Crippen LogP contribution in [0.25, 0.3) is 0 Å². The molecule has 12 nitrogen and oxygen atoms in total. The summed E-state index contributed by atoms with van der Waals surface area (Å²) in [5.41, 5.74) is 0. The van der Waals surface area contributed by atoms with Crippen molar-refractivity contribution in [1.29, 1.82) is 0 Å². The second kappa shape index (κ2) is 37.1. The van der Waals surface area contributed by atoms with Gasteiger partial charge < -0.3 is 34.3 Å². The highest BCUT2D eigenvalue weighted by molar-refractivity contribution is 7.80. The number of hydrogen-bond donors (Lipinski definition) is 4. The molecule has 6 unspecified atom stereocenters. The summed E-state index contributed by atoms with van der Waals surface area (Å²) >= 11 is 0. The molecule has 1 aliphatic rings. The Morgan fingerprint density at radius 3 is 1.71 bits per heavy atom. The van der Waals surface area contributed by atoms with Crippen LogP contribution in [0.2, 0.25) is 0 Å². The molecule has 13 heteroatoms. The zero-order valence-electron chi connectivity index (χ0n) is 36.1. The van der Waals surface area contributed by atoms with E-state index in [1.54, 1.807) is 0 Å². The fourth-order valence-corrected chi connectivity index (χ4v) is 7.25. The van der Waals surface area contributed by atoms with E-state index < -0.39 is 59.8 Å². The Kier molecular flexibility index (Phi) is 34.8. The second-order valence-electron chi connectivity index (χ2n) is 15.6. The molecule has 0 aromatic rings. The summed E-state index contributed by atoms with van der Waals surface area (Å²) in [6, 6.07) is 0. The smallest absolute Gasteiger partial charge is 0.397 e. The molecule has 0 amide bonds. The van der Waals surface area contributed by atoms with Crippen LogP contribution < -0.4 is 0 Å². The number of allylic oxidation sites excluding steroid dienone is 6. The maximum absolute atomic E-state index is 12.8. The Morgan fingerprint density at radius 1 is 0.655 bits per heavy atom. The lowest BCUT2D eigenvalue weighted by molar-refractivity contribution is -0.301. The molecule has 1 saturated heterocycles. The zero-order chi connectivity index (χ0) is 42.5. The molecule has 58 heavy (non-hydrogen) atoms. The Hall–Kier alpha value is -1.68. The van der Waals surface area contributed by atoms with Crippen LogP contribution in [0.3, 0.4) is 0 Å². The lowest BCUT2D eigenvalue weighted by Crippen LogP contribution is -2.60. The number of ether oxygens (including phenoxy) is 4. The van der Waals surface area contributed by atoms with E-state index in [2.05, 4.69) is 54.5 Å². The minimum atomic E-state index is -5.06. The lowest BCUT2D eigenvalue weighted by atomic mass is 9.99. The summed E-state index contributed by atoms with van der Waals surface area (Å²) < 4.78 is 59.0. The molecule has 0 aliphatic carbocycles. The summed E-state index contributed by atoms with van der Waals surface area (Å²) in [6.45, 7) is 3.91. The van der Waals surface area contributed by atoms with Gasteiger partial charge in [-0.05, 0) is 64.2 Å². The topological polar surface area (TPSA) is 178 Å². The molecular formula is C45H82O12S. The first kappa shape index (κ1) is 54.3. The van der Waals surface area contributed by atoms with E-state index in [4.69, 9.17) is 23.5 Å². The third-order valence-electron chi connectivity index (χ3n) is 10.2. The average Bonchev–Trinajstić information content (AvgIpc) is 3.19. The van der Waals surface area contributed by atoms with Gasteiger partial charge in [-0.1, -0.05) is 147 Å². The lowest BCUT2D eigenvalue weighted by Gasteiger charge is -2.41.